The van der Waals surface area contributed by atoms with Crippen LogP contribution in [0.15, 0.2) is 30.3 Å². The Bertz CT molecular complexity index is 397. The van der Waals surface area contributed by atoms with E-state index in [4.69, 9.17) is 0 Å². The molecule has 2 amide bonds. The Morgan fingerprint density at radius 1 is 1.21 bits per heavy atom. The zero-order valence-corrected chi connectivity index (χ0v) is 11.7. The molecule has 2 rings (SSSR count). The van der Waals surface area contributed by atoms with Crippen molar-refractivity contribution < 1.29 is 4.79 Å². The first-order chi connectivity index (χ1) is 9.15. The van der Waals surface area contributed by atoms with Gasteiger partial charge in [0.1, 0.15) is 0 Å². The molecule has 104 valence electrons. The van der Waals surface area contributed by atoms with Crippen LogP contribution in [0.3, 0.4) is 0 Å². The third-order valence-corrected chi connectivity index (χ3v) is 3.37. The van der Waals surface area contributed by atoms with Gasteiger partial charge < -0.3 is 15.5 Å². The van der Waals surface area contributed by atoms with Crippen LogP contribution >= 0.6 is 0 Å². The summed E-state index contributed by atoms with van der Waals surface area (Å²) in [5.41, 5.74) is 1.27. The Morgan fingerprint density at radius 2 is 1.84 bits per heavy atom. The SMILES string of the molecule is CC(C)NC(=O)NC1CCN(c2ccccc2)CC1. The van der Waals surface area contributed by atoms with Crippen molar-refractivity contribution in [3.63, 3.8) is 0 Å². The predicted octanol–water partition coefficient (Wildman–Crippen LogP) is 2.36. The van der Waals surface area contributed by atoms with E-state index >= 15 is 0 Å². The lowest BCUT2D eigenvalue weighted by Gasteiger charge is -2.34. The van der Waals surface area contributed by atoms with Crippen LogP contribution in [0, 0.1) is 0 Å². The monoisotopic (exact) mass is 261 g/mol. The molecule has 0 saturated carbocycles. The highest BCUT2D eigenvalue weighted by Crippen LogP contribution is 2.19. The van der Waals surface area contributed by atoms with Crippen LogP contribution in [0.5, 0.6) is 0 Å². The summed E-state index contributed by atoms with van der Waals surface area (Å²) in [6, 6.07) is 10.9. The first-order valence-corrected chi connectivity index (χ1v) is 7.02. The summed E-state index contributed by atoms with van der Waals surface area (Å²) in [5, 5.41) is 5.91. The van der Waals surface area contributed by atoms with Gasteiger partial charge in [-0.15, -0.1) is 0 Å². The van der Waals surface area contributed by atoms with E-state index in [0.717, 1.165) is 25.9 Å². The van der Waals surface area contributed by atoms with Crippen LogP contribution in [-0.4, -0.2) is 31.2 Å². The van der Waals surface area contributed by atoms with Crippen LogP contribution in [0.25, 0.3) is 0 Å². The molecule has 1 fully saturated rings. The van der Waals surface area contributed by atoms with E-state index in [0.29, 0.717) is 6.04 Å². The number of para-hydroxylation sites is 1. The molecule has 0 spiro atoms. The third kappa shape index (κ3) is 4.16. The highest BCUT2D eigenvalue weighted by atomic mass is 16.2. The van der Waals surface area contributed by atoms with Gasteiger partial charge in [-0.25, -0.2) is 4.79 Å². The highest BCUT2D eigenvalue weighted by molar-refractivity contribution is 5.74. The summed E-state index contributed by atoms with van der Waals surface area (Å²) in [6.45, 7) is 5.93. The van der Waals surface area contributed by atoms with E-state index in [1.807, 2.05) is 19.9 Å². The largest absolute Gasteiger partial charge is 0.371 e. The number of hydrogen-bond donors (Lipinski definition) is 2. The van der Waals surface area contributed by atoms with Crippen LogP contribution in [0.4, 0.5) is 10.5 Å². The lowest BCUT2D eigenvalue weighted by atomic mass is 10.0. The lowest BCUT2D eigenvalue weighted by molar-refractivity contribution is 0.232. The standard InChI is InChI=1S/C15H23N3O/c1-12(2)16-15(19)17-13-8-10-18(11-9-13)14-6-4-3-5-7-14/h3-7,12-13H,8-11H2,1-2H3,(H2,16,17,19). The fourth-order valence-electron chi connectivity index (χ4n) is 2.41. The molecule has 0 unspecified atom stereocenters. The minimum Gasteiger partial charge on any atom is -0.371 e. The number of rotatable bonds is 3. The summed E-state index contributed by atoms with van der Waals surface area (Å²) in [5.74, 6) is 0. The fraction of sp³-hybridized carbons (Fsp3) is 0.533. The molecule has 2 N–H and O–H groups in total. The van der Waals surface area contributed by atoms with Gasteiger partial charge in [-0.3, -0.25) is 0 Å². The smallest absolute Gasteiger partial charge is 0.315 e. The number of hydrogen-bond acceptors (Lipinski definition) is 2. The maximum absolute atomic E-state index is 11.6. The number of carbonyl (C=O) groups excluding carboxylic acids is 1. The zero-order chi connectivity index (χ0) is 13.7. The molecule has 19 heavy (non-hydrogen) atoms. The summed E-state index contributed by atoms with van der Waals surface area (Å²) in [6.07, 6.45) is 2.00. The van der Waals surface area contributed by atoms with Crippen LogP contribution in [-0.2, 0) is 0 Å². The Balaban J connectivity index is 1.78. The highest BCUT2D eigenvalue weighted by Gasteiger charge is 2.20. The summed E-state index contributed by atoms with van der Waals surface area (Å²) in [4.78, 5) is 14.0. The molecule has 0 aliphatic carbocycles. The van der Waals surface area contributed by atoms with Crippen molar-refractivity contribution in [1.82, 2.24) is 10.6 Å². The van der Waals surface area contributed by atoms with Crippen molar-refractivity contribution >= 4 is 11.7 Å². The topological polar surface area (TPSA) is 44.4 Å². The van der Waals surface area contributed by atoms with Gasteiger partial charge in [0.05, 0.1) is 0 Å². The second-order valence-electron chi connectivity index (χ2n) is 5.37. The molecule has 0 radical (unpaired) electrons. The molecular formula is C15H23N3O. The van der Waals surface area contributed by atoms with Crippen molar-refractivity contribution in [2.24, 2.45) is 0 Å². The van der Waals surface area contributed by atoms with Crippen LogP contribution < -0.4 is 15.5 Å². The van der Waals surface area contributed by atoms with Crippen molar-refractivity contribution in [2.45, 2.75) is 38.8 Å². The van der Waals surface area contributed by atoms with E-state index in [2.05, 4.69) is 39.8 Å². The van der Waals surface area contributed by atoms with Crippen molar-refractivity contribution in [3.8, 4) is 0 Å². The molecule has 0 atom stereocenters. The first kappa shape index (κ1) is 13.7. The molecule has 1 aliphatic heterocycles. The van der Waals surface area contributed by atoms with Gasteiger partial charge in [0.15, 0.2) is 0 Å². The van der Waals surface area contributed by atoms with Gasteiger partial charge >= 0.3 is 6.03 Å². The zero-order valence-electron chi connectivity index (χ0n) is 11.7. The summed E-state index contributed by atoms with van der Waals surface area (Å²) < 4.78 is 0. The minimum atomic E-state index is -0.0480. The molecule has 1 heterocycles. The third-order valence-electron chi connectivity index (χ3n) is 3.37. The Hall–Kier alpha value is -1.71. The number of carbonyl (C=O) groups is 1. The van der Waals surface area contributed by atoms with E-state index in [1.54, 1.807) is 0 Å². The minimum absolute atomic E-state index is 0.0480. The van der Waals surface area contributed by atoms with E-state index in [1.165, 1.54) is 5.69 Å². The van der Waals surface area contributed by atoms with Gasteiger partial charge in [0, 0.05) is 30.9 Å². The maximum Gasteiger partial charge on any atom is 0.315 e. The number of nitrogens with one attached hydrogen (secondary N) is 2. The summed E-state index contributed by atoms with van der Waals surface area (Å²) >= 11 is 0. The number of urea groups is 1. The average Bonchev–Trinajstić information content (AvgIpc) is 2.39. The number of benzene rings is 1. The Morgan fingerprint density at radius 3 is 2.42 bits per heavy atom. The van der Waals surface area contributed by atoms with Gasteiger partial charge in [0.2, 0.25) is 0 Å². The van der Waals surface area contributed by atoms with E-state index in [9.17, 15) is 4.79 Å². The predicted molar refractivity (Wildman–Crippen MR) is 78.5 cm³/mol. The van der Waals surface area contributed by atoms with Crippen molar-refractivity contribution in [2.75, 3.05) is 18.0 Å². The molecule has 0 aromatic heterocycles. The fourth-order valence-corrected chi connectivity index (χ4v) is 2.41. The second kappa shape index (κ2) is 6.45. The Kier molecular flexibility index (Phi) is 4.66. The number of amides is 2. The molecule has 1 saturated heterocycles. The number of nitrogens with zero attached hydrogens (tertiary/aromatic N) is 1. The first-order valence-electron chi connectivity index (χ1n) is 7.02. The van der Waals surface area contributed by atoms with E-state index < -0.39 is 0 Å². The summed E-state index contributed by atoms with van der Waals surface area (Å²) in [7, 11) is 0. The molecule has 0 bridgehead atoms. The average molecular weight is 261 g/mol. The van der Waals surface area contributed by atoms with Crippen LogP contribution in [0.1, 0.15) is 26.7 Å². The molecule has 1 aromatic rings. The molecule has 1 aliphatic rings. The van der Waals surface area contributed by atoms with Gasteiger partial charge in [-0.1, -0.05) is 18.2 Å². The molecule has 4 heteroatoms. The Labute approximate surface area is 115 Å². The molecule has 1 aromatic carbocycles. The quantitative estimate of drug-likeness (QED) is 0.877. The molecular weight excluding hydrogens is 238 g/mol. The van der Waals surface area contributed by atoms with Crippen molar-refractivity contribution in [1.29, 1.82) is 0 Å². The number of piperidine rings is 1. The number of anilines is 1. The van der Waals surface area contributed by atoms with Crippen molar-refractivity contribution in [3.05, 3.63) is 30.3 Å². The van der Waals surface area contributed by atoms with E-state index in [-0.39, 0.29) is 12.1 Å². The van der Waals surface area contributed by atoms with Gasteiger partial charge in [0.25, 0.3) is 0 Å². The lowest BCUT2D eigenvalue weighted by Crippen LogP contribution is -2.49. The van der Waals surface area contributed by atoms with Gasteiger partial charge in [-0.05, 0) is 38.8 Å². The maximum atomic E-state index is 11.6. The normalized spacial score (nSPS) is 16.5. The van der Waals surface area contributed by atoms with Crippen LogP contribution in [0.2, 0.25) is 0 Å². The second-order valence-corrected chi connectivity index (χ2v) is 5.37. The molecule has 4 nitrogen and oxygen atoms in total. The van der Waals surface area contributed by atoms with Gasteiger partial charge in [-0.2, -0.15) is 0 Å².